The van der Waals surface area contributed by atoms with Crippen molar-refractivity contribution in [3.8, 4) is 12.3 Å². The summed E-state index contributed by atoms with van der Waals surface area (Å²) in [4.78, 5) is 23.4. The molecule has 130 valence electrons. The van der Waals surface area contributed by atoms with Crippen molar-refractivity contribution in [1.82, 2.24) is 0 Å². The molecule has 0 aliphatic carbocycles. The van der Waals surface area contributed by atoms with Gasteiger partial charge >= 0.3 is 12.1 Å². The van der Waals surface area contributed by atoms with Crippen LogP contribution >= 0.6 is 0 Å². The molecule has 0 spiro atoms. The van der Waals surface area contributed by atoms with E-state index in [1.807, 2.05) is 12.1 Å². The molecule has 0 saturated carbocycles. The highest BCUT2D eigenvalue weighted by Gasteiger charge is 2.18. The Morgan fingerprint density at radius 3 is 2.38 bits per heavy atom. The normalized spacial score (nSPS) is 12.0. The first-order valence-corrected chi connectivity index (χ1v) is 7.94. The van der Waals surface area contributed by atoms with Crippen LogP contribution in [0.1, 0.15) is 52.0 Å². The standard InChI is InChI=1S/C19H25NO4/c1-6-8-15(13-17(21)23-7-2)14-9-11-16(12-10-14)20-18(22)24-19(3,4)5/h1,9-12,15H,7-8,13H2,2-5H3,(H,20,22). The Morgan fingerprint density at radius 2 is 1.88 bits per heavy atom. The van der Waals surface area contributed by atoms with Crippen LogP contribution in [0.15, 0.2) is 24.3 Å². The van der Waals surface area contributed by atoms with Crippen LogP contribution in [-0.2, 0) is 14.3 Å². The van der Waals surface area contributed by atoms with E-state index in [0.717, 1.165) is 5.56 Å². The molecular formula is C19H25NO4. The Labute approximate surface area is 143 Å². The molecule has 1 aromatic carbocycles. The quantitative estimate of drug-likeness (QED) is 0.630. The molecule has 0 fully saturated rings. The summed E-state index contributed by atoms with van der Waals surface area (Å²) in [6.45, 7) is 7.52. The lowest BCUT2D eigenvalue weighted by atomic mass is 9.92. The number of anilines is 1. The molecule has 1 N–H and O–H groups in total. The van der Waals surface area contributed by atoms with E-state index in [9.17, 15) is 9.59 Å². The van der Waals surface area contributed by atoms with Gasteiger partial charge in [0.1, 0.15) is 5.60 Å². The number of terminal acetylenes is 1. The van der Waals surface area contributed by atoms with Gasteiger partial charge in [0.25, 0.3) is 0 Å². The first-order chi connectivity index (χ1) is 11.2. The zero-order valence-corrected chi connectivity index (χ0v) is 14.7. The number of hydrogen-bond acceptors (Lipinski definition) is 4. The van der Waals surface area contributed by atoms with E-state index < -0.39 is 11.7 Å². The van der Waals surface area contributed by atoms with E-state index in [1.165, 1.54) is 0 Å². The predicted octanol–water partition coefficient (Wildman–Crippen LogP) is 4.09. The highest BCUT2D eigenvalue weighted by molar-refractivity contribution is 5.84. The molecule has 0 aliphatic rings. The van der Waals surface area contributed by atoms with E-state index in [1.54, 1.807) is 39.8 Å². The number of carbonyl (C=O) groups is 2. The third-order valence-corrected chi connectivity index (χ3v) is 3.11. The molecule has 1 unspecified atom stereocenters. The summed E-state index contributed by atoms with van der Waals surface area (Å²) >= 11 is 0. The van der Waals surface area contributed by atoms with Crippen molar-refractivity contribution in [3.05, 3.63) is 29.8 Å². The molecule has 5 nitrogen and oxygen atoms in total. The highest BCUT2D eigenvalue weighted by Crippen LogP contribution is 2.25. The maximum absolute atomic E-state index is 11.7. The van der Waals surface area contributed by atoms with E-state index in [2.05, 4.69) is 11.2 Å². The Bertz CT molecular complexity index is 593. The summed E-state index contributed by atoms with van der Waals surface area (Å²) in [5.74, 6) is 2.21. The zero-order valence-electron chi connectivity index (χ0n) is 14.7. The Kier molecular flexibility index (Phi) is 7.31. The maximum Gasteiger partial charge on any atom is 0.412 e. The smallest absolute Gasteiger partial charge is 0.412 e. The predicted molar refractivity (Wildman–Crippen MR) is 93.7 cm³/mol. The number of rotatable bonds is 6. The van der Waals surface area contributed by atoms with Crippen LogP contribution in [0.5, 0.6) is 0 Å². The van der Waals surface area contributed by atoms with Crippen LogP contribution in [0.4, 0.5) is 10.5 Å². The van der Waals surface area contributed by atoms with Crippen molar-refractivity contribution in [3.63, 3.8) is 0 Å². The number of carbonyl (C=O) groups excluding carboxylic acids is 2. The van der Waals surface area contributed by atoms with Crippen LogP contribution in [0, 0.1) is 12.3 Å². The van der Waals surface area contributed by atoms with Crippen LogP contribution in [0.25, 0.3) is 0 Å². The van der Waals surface area contributed by atoms with Crippen molar-refractivity contribution in [1.29, 1.82) is 0 Å². The molecule has 0 bridgehead atoms. The summed E-state index contributed by atoms with van der Waals surface area (Å²) in [7, 11) is 0. The molecule has 5 heteroatoms. The van der Waals surface area contributed by atoms with Gasteiger partial charge in [-0.3, -0.25) is 10.1 Å². The Hall–Kier alpha value is -2.48. The van der Waals surface area contributed by atoms with Crippen molar-refractivity contribution in [2.45, 2.75) is 52.1 Å². The molecule has 0 aliphatic heterocycles. The number of esters is 1. The minimum Gasteiger partial charge on any atom is -0.466 e. The minimum atomic E-state index is -0.554. The van der Waals surface area contributed by atoms with Gasteiger partial charge in [0.2, 0.25) is 0 Å². The fraction of sp³-hybridized carbons (Fsp3) is 0.474. The molecule has 0 aromatic heterocycles. The largest absolute Gasteiger partial charge is 0.466 e. The van der Waals surface area contributed by atoms with Crippen LogP contribution in [-0.4, -0.2) is 24.3 Å². The van der Waals surface area contributed by atoms with Crippen LogP contribution < -0.4 is 5.32 Å². The molecular weight excluding hydrogens is 306 g/mol. The molecule has 1 amide bonds. The van der Waals surface area contributed by atoms with E-state index in [-0.39, 0.29) is 18.3 Å². The zero-order chi connectivity index (χ0) is 18.2. The lowest BCUT2D eigenvalue weighted by Crippen LogP contribution is -2.27. The molecule has 0 radical (unpaired) electrons. The number of hydrogen-bond donors (Lipinski definition) is 1. The molecule has 0 heterocycles. The van der Waals surface area contributed by atoms with Crippen molar-refractivity contribution < 1.29 is 19.1 Å². The Morgan fingerprint density at radius 1 is 1.25 bits per heavy atom. The van der Waals surface area contributed by atoms with Gasteiger partial charge < -0.3 is 9.47 Å². The number of nitrogens with one attached hydrogen (secondary N) is 1. The molecule has 1 aromatic rings. The second-order valence-electron chi connectivity index (χ2n) is 6.36. The molecule has 24 heavy (non-hydrogen) atoms. The average molecular weight is 331 g/mol. The van der Waals surface area contributed by atoms with Gasteiger partial charge in [-0.1, -0.05) is 12.1 Å². The third-order valence-electron chi connectivity index (χ3n) is 3.11. The molecule has 1 atom stereocenters. The monoisotopic (exact) mass is 331 g/mol. The molecule has 1 rings (SSSR count). The van der Waals surface area contributed by atoms with Gasteiger partial charge in [0.05, 0.1) is 13.0 Å². The average Bonchev–Trinajstić information content (AvgIpc) is 2.46. The fourth-order valence-electron chi connectivity index (χ4n) is 2.13. The number of benzene rings is 1. The summed E-state index contributed by atoms with van der Waals surface area (Å²) in [5, 5.41) is 2.66. The van der Waals surface area contributed by atoms with Crippen molar-refractivity contribution >= 4 is 17.7 Å². The van der Waals surface area contributed by atoms with E-state index in [4.69, 9.17) is 15.9 Å². The first kappa shape index (κ1) is 19.6. The first-order valence-electron chi connectivity index (χ1n) is 7.94. The van der Waals surface area contributed by atoms with Crippen molar-refractivity contribution in [2.75, 3.05) is 11.9 Å². The highest BCUT2D eigenvalue weighted by atomic mass is 16.6. The lowest BCUT2D eigenvalue weighted by Gasteiger charge is -2.20. The second-order valence-corrected chi connectivity index (χ2v) is 6.36. The lowest BCUT2D eigenvalue weighted by molar-refractivity contribution is -0.143. The summed E-state index contributed by atoms with van der Waals surface area (Å²) in [5.41, 5.74) is 0.987. The Balaban J connectivity index is 2.74. The summed E-state index contributed by atoms with van der Waals surface area (Å²) < 4.78 is 10.2. The van der Waals surface area contributed by atoms with E-state index >= 15 is 0 Å². The van der Waals surface area contributed by atoms with Crippen LogP contribution in [0.2, 0.25) is 0 Å². The SMILES string of the molecule is C#CCC(CC(=O)OCC)c1ccc(NC(=O)OC(C)(C)C)cc1. The van der Waals surface area contributed by atoms with Gasteiger partial charge in [-0.25, -0.2) is 4.79 Å². The minimum absolute atomic E-state index is 0.107. The fourth-order valence-corrected chi connectivity index (χ4v) is 2.13. The molecule has 0 saturated heterocycles. The number of ether oxygens (including phenoxy) is 2. The van der Waals surface area contributed by atoms with Gasteiger partial charge in [-0.2, -0.15) is 0 Å². The van der Waals surface area contributed by atoms with Gasteiger partial charge in [0, 0.05) is 18.0 Å². The summed E-state index contributed by atoms with van der Waals surface area (Å²) in [6.07, 6.45) is 5.56. The van der Waals surface area contributed by atoms with Gasteiger partial charge in [0.15, 0.2) is 0 Å². The maximum atomic E-state index is 11.7. The summed E-state index contributed by atoms with van der Waals surface area (Å²) in [6, 6.07) is 7.20. The van der Waals surface area contributed by atoms with Gasteiger partial charge in [-0.05, 0) is 45.4 Å². The van der Waals surface area contributed by atoms with Crippen LogP contribution in [0.3, 0.4) is 0 Å². The third kappa shape index (κ3) is 7.19. The van der Waals surface area contributed by atoms with E-state index in [0.29, 0.717) is 18.7 Å². The topological polar surface area (TPSA) is 64.6 Å². The van der Waals surface area contributed by atoms with Crippen molar-refractivity contribution in [2.24, 2.45) is 0 Å². The second kappa shape index (κ2) is 8.97. The van der Waals surface area contributed by atoms with Gasteiger partial charge in [-0.15, -0.1) is 12.3 Å². The number of amides is 1.